The Kier molecular flexibility index (Phi) is 7.80. The summed E-state index contributed by atoms with van der Waals surface area (Å²) < 4.78 is 19.1. The molecule has 2 rings (SSSR count). The first-order chi connectivity index (χ1) is 12.7. The van der Waals surface area contributed by atoms with E-state index in [0.717, 1.165) is 24.7 Å². The van der Waals surface area contributed by atoms with E-state index in [1.807, 2.05) is 37.3 Å². The van der Waals surface area contributed by atoms with Crippen LogP contribution in [-0.4, -0.2) is 39.5 Å². The van der Waals surface area contributed by atoms with E-state index in [9.17, 15) is 4.79 Å². The third-order valence-electron chi connectivity index (χ3n) is 5.90. The van der Waals surface area contributed by atoms with Crippen LogP contribution in [0.5, 0.6) is 0 Å². The van der Waals surface area contributed by atoms with E-state index >= 15 is 0 Å². The van der Waals surface area contributed by atoms with Gasteiger partial charge in [0, 0.05) is 12.5 Å². The average molecular weight is 393 g/mol. The van der Waals surface area contributed by atoms with Crippen LogP contribution in [0.15, 0.2) is 30.3 Å². The summed E-state index contributed by atoms with van der Waals surface area (Å²) in [6.07, 6.45) is 2.36. The van der Waals surface area contributed by atoms with E-state index in [1.54, 1.807) is 0 Å². The van der Waals surface area contributed by atoms with Crippen LogP contribution in [0, 0.1) is 5.92 Å². The van der Waals surface area contributed by atoms with Crippen LogP contribution >= 0.6 is 0 Å². The molecule has 0 aromatic heterocycles. The van der Waals surface area contributed by atoms with E-state index in [4.69, 9.17) is 13.9 Å². The molecule has 0 unspecified atom stereocenters. The monoisotopic (exact) mass is 392 g/mol. The molecule has 27 heavy (non-hydrogen) atoms. The zero-order valence-corrected chi connectivity index (χ0v) is 18.7. The number of rotatable bonds is 8. The normalized spacial score (nSPS) is 23.6. The highest BCUT2D eigenvalue weighted by Crippen LogP contribution is 2.39. The third kappa shape index (κ3) is 5.98. The van der Waals surface area contributed by atoms with E-state index in [2.05, 4.69) is 33.9 Å². The first kappa shape index (κ1) is 22.3. The summed E-state index contributed by atoms with van der Waals surface area (Å²) in [5, 5.41) is 0.131. The summed E-state index contributed by atoms with van der Waals surface area (Å²) in [6, 6.07) is 10.1. The molecule has 1 aromatic rings. The van der Waals surface area contributed by atoms with Gasteiger partial charge in [-0.1, -0.05) is 58.0 Å². The number of benzene rings is 1. The molecule has 0 saturated carbocycles. The Hall–Kier alpha value is -1.01. The highest BCUT2D eigenvalue weighted by atomic mass is 28.4. The van der Waals surface area contributed by atoms with Gasteiger partial charge in [0.2, 0.25) is 0 Å². The molecule has 1 saturated heterocycles. The number of hydrogen-bond donors (Lipinski definition) is 0. The molecular weight excluding hydrogens is 356 g/mol. The van der Waals surface area contributed by atoms with Crippen molar-refractivity contribution in [2.24, 2.45) is 5.92 Å². The molecule has 1 heterocycles. The minimum absolute atomic E-state index is 0.0252. The highest BCUT2D eigenvalue weighted by Gasteiger charge is 2.44. The van der Waals surface area contributed by atoms with Crippen molar-refractivity contribution < 1.29 is 18.7 Å². The lowest BCUT2D eigenvalue weighted by Gasteiger charge is -2.45. The third-order valence-corrected chi connectivity index (χ3v) is 10.4. The number of ether oxygens (including phenoxy) is 2. The maximum atomic E-state index is 11.6. The van der Waals surface area contributed by atoms with Gasteiger partial charge >= 0.3 is 0 Å². The highest BCUT2D eigenvalue weighted by molar-refractivity contribution is 6.74. The SMILES string of the molecule is C[C@@H](C=O)[C@@H](OCc1ccccc1)[C@H]1OCCC[C@@H]1O[Si](C)(C)C(C)(C)C. The fraction of sp³-hybridized carbons (Fsp3) is 0.682. The van der Waals surface area contributed by atoms with Crippen molar-refractivity contribution in [1.82, 2.24) is 0 Å². The van der Waals surface area contributed by atoms with Crippen molar-refractivity contribution in [3.8, 4) is 0 Å². The van der Waals surface area contributed by atoms with E-state index in [0.29, 0.717) is 13.2 Å². The maximum absolute atomic E-state index is 11.6. The molecule has 1 aromatic carbocycles. The lowest BCUT2D eigenvalue weighted by atomic mass is 9.93. The Morgan fingerprint density at radius 1 is 1.26 bits per heavy atom. The van der Waals surface area contributed by atoms with Crippen molar-refractivity contribution in [2.45, 2.75) is 83.6 Å². The quantitative estimate of drug-likeness (QED) is 0.462. The second-order valence-electron chi connectivity index (χ2n) is 9.15. The van der Waals surface area contributed by atoms with E-state index < -0.39 is 8.32 Å². The predicted octanol–water partition coefficient (Wildman–Crippen LogP) is 4.98. The molecule has 5 heteroatoms. The van der Waals surface area contributed by atoms with Crippen molar-refractivity contribution in [3.05, 3.63) is 35.9 Å². The smallest absolute Gasteiger partial charge is 0.192 e. The Labute approximate surface area is 165 Å². The van der Waals surface area contributed by atoms with Crippen LogP contribution in [0.2, 0.25) is 18.1 Å². The first-order valence-electron chi connectivity index (χ1n) is 10.1. The molecule has 0 radical (unpaired) electrons. The van der Waals surface area contributed by atoms with Crippen LogP contribution in [0.4, 0.5) is 0 Å². The summed E-state index contributed by atoms with van der Waals surface area (Å²) in [7, 11) is -1.94. The fourth-order valence-corrected chi connectivity index (χ4v) is 4.52. The summed E-state index contributed by atoms with van der Waals surface area (Å²) >= 11 is 0. The molecule has 4 nitrogen and oxygen atoms in total. The minimum atomic E-state index is -1.94. The average Bonchev–Trinajstić information content (AvgIpc) is 2.62. The van der Waals surface area contributed by atoms with Gasteiger partial charge in [0.1, 0.15) is 12.4 Å². The van der Waals surface area contributed by atoms with Gasteiger partial charge in [-0.15, -0.1) is 0 Å². The Bertz CT molecular complexity index is 582. The zero-order chi connectivity index (χ0) is 20.1. The van der Waals surface area contributed by atoms with Gasteiger partial charge in [0.25, 0.3) is 0 Å². The van der Waals surface area contributed by atoms with Crippen molar-refractivity contribution in [3.63, 3.8) is 0 Å². The molecule has 1 fully saturated rings. The lowest BCUT2D eigenvalue weighted by molar-refractivity contribution is -0.160. The van der Waals surface area contributed by atoms with Gasteiger partial charge in [-0.2, -0.15) is 0 Å². The number of carbonyl (C=O) groups excluding carboxylic acids is 1. The molecule has 0 spiro atoms. The Morgan fingerprint density at radius 3 is 2.52 bits per heavy atom. The minimum Gasteiger partial charge on any atom is -0.411 e. The van der Waals surface area contributed by atoms with Crippen LogP contribution in [0.3, 0.4) is 0 Å². The van der Waals surface area contributed by atoms with Crippen molar-refractivity contribution >= 4 is 14.6 Å². The molecular formula is C22H36O4Si. The van der Waals surface area contributed by atoms with Crippen LogP contribution in [0.25, 0.3) is 0 Å². The van der Waals surface area contributed by atoms with Crippen molar-refractivity contribution in [2.75, 3.05) is 6.61 Å². The largest absolute Gasteiger partial charge is 0.411 e. The predicted molar refractivity (Wildman–Crippen MR) is 111 cm³/mol. The Morgan fingerprint density at radius 2 is 1.93 bits per heavy atom. The van der Waals surface area contributed by atoms with Crippen LogP contribution in [0.1, 0.15) is 46.1 Å². The number of carbonyl (C=O) groups is 1. The molecule has 1 aliphatic rings. The van der Waals surface area contributed by atoms with Crippen LogP contribution in [-0.2, 0) is 25.3 Å². The van der Waals surface area contributed by atoms with Gasteiger partial charge in [-0.3, -0.25) is 0 Å². The molecule has 0 aliphatic carbocycles. The fourth-order valence-electron chi connectivity index (χ4n) is 3.15. The van der Waals surface area contributed by atoms with Crippen molar-refractivity contribution in [1.29, 1.82) is 0 Å². The summed E-state index contributed by atoms with van der Waals surface area (Å²) in [6.45, 7) is 14.3. The van der Waals surface area contributed by atoms with Crippen LogP contribution < -0.4 is 0 Å². The van der Waals surface area contributed by atoms with Gasteiger partial charge in [0.05, 0.1) is 18.8 Å². The molecule has 0 bridgehead atoms. The number of aldehydes is 1. The topological polar surface area (TPSA) is 44.8 Å². The van der Waals surface area contributed by atoms with Gasteiger partial charge < -0.3 is 18.7 Å². The zero-order valence-electron chi connectivity index (χ0n) is 17.7. The molecule has 152 valence electrons. The standard InChI is InChI=1S/C22H36O4Si/c1-17(15-23)20(25-16-18-11-8-7-9-12-18)21-19(13-10-14-24-21)26-27(5,6)22(2,3)4/h7-9,11-12,15,17,19-21H,10,13-14,16H2,1-6H3/t17-,19-,20+,21-/m0/s1. The molecule has 1 aliphatic heterocycles. The maximum Gasteiger partial charge on any atom is 0.192 e. The second kappa shape index (κ2) is 9.46. The Balaban J connectivity index is 2.16. The van der Waals surface area contributed by atoms with Gasteiger partial charge in [0.15, 0.2) is 8.32 Å². The van der Waals surface area contributed by atoms with E-state index in [1.165, 1.54) is 0 Å². The van der Waals surface area contributed by atoms with E-state index in [-0.39, 0.29) is 29.3 Å². The first-order valence-corrected chi connectivity index (χ1v) is 13.0. The summed E-state index contributed by atoms with van der Waals surface area (Å²) in [4.78, 5) is 11.6. The number of hydrogen-bond acceptors (Lipinski definition) is 4. The van der Waals surface area contributed by atoms with Gasteiger partial charge in [-0.25, -0.2) is 0 Å². The lowest BCUT2D eigenvalue weighted by Crippen LogP contribution is -2.54. The summed E-state index contributed by atoms with van der Waals surface area (Å²) in [5.74, 6) is -0.248. The van der Waals surface area contributed by atoms with Gasteiger partial charge in [-0.05, 0) is 36.5 Å². The molecule has 0 N–H and O–H groups in total. The second-order valence-corrected chi connectivity index (χ2v) is 13.9. The summed E-state index contributed by atoms with van der Waals surface area (Å²) in [5.41, 5.74) is 1.10. The molecule has 0 amide bonds. The molecule has 4 atom stereocenters.